The van der Waals surface area contributed by atoms with Crippen LogP contribution in [0.3, 0.4) is 0 Å². The van der Waals surface area contributed by atoms with Crippen molar-refractivity contribution in [3.05, 3.63) is 101 Å². The Morgan fingerprint density at radius 2 is 1.67 bits per heavy atom. The number of hydrogen-bond donors (Lipinski definition) is 4. The molecule has 0 aliphatic carbocycles. The van der Waals surface area contributed by atoms with Gasteiger partial charge in [0.1, 0.15) is 0 Å². The van der Waals surface area contributed by atoms with Crippen LogP contribution in [0, 0.1) is 0 Å². The van der Waals surface area contributed by atoms with Crippen LogP contribution in [-0.4, -0.2) is 18.4 Å². The fourth-order valence-corrected chi connectivity index (χ4v) is 3.91. The van der Waals surface area contributed by atoms with E-state index in [0.29, 0.717) is 23.5 Å². The third kappa shape index (κ3) is 5.99. The van der Waals surface area contributed by atoms with Crippen molar-refractivity contribution in [3.63, 3.8) is 0 Å². The molecule has 3 aromatic carbocycles. The maximum Gasteiger partial charge on any atom is 0.255 e. The van der Waals surface area contributed by atoms with Gasteiger partial charge in [0.05, 0.1) is 17.9 Å². The molecule has 1 heterocycles. The van der Waals surface area contributed by atoms with E-state index in [2.05, 4.69) is 16.0 Å². The number of amides is 2. The van der Waals surface area contributed by atoms with Crippen molar-refractivity contribution in [1.82, 2.24) is 5.32 Å². The smallest absolute Gasteiger partial charge is 0.255 e. The van der Waals surface area contributed by atoms with Gasteiger partial charge in [-0.1, -0.05) is 36.4 Å². The van der Waals surface area contributed by atoms with Crippen LogP contribution in [0.15, 0.2) is 89.6 Å². The number of carbonyl (C=O) groups excluding carboxylic acids is 2. The molecule has 7 heteroatoms. The van der Waals surface area contributed by atoms with E-state index < -0.39 is 0 Å². The van der Waals surface area contributed by atoms with Crippen molar-refractivity contribution >= 4 is 40.2 Å². The Labute approximate surface area is 196 Å². The van der Waals surface area contributed by atoms with E-state index in [1.165, 1.54) is 0 Å². The minimum absolute atomic E-state index is 0.110. The van der Waals surface area contributed by atoms with Crippen molar-refractivity contribution in [1.29, 1.82) is 0 Å². The molecule has 0 aliphatic heterocycles. The third-order valence-electron chi connectivity index (χ3n) is 5.09. The topological polar surface area (TPSA) is 96.2 Å². The quantitative estimate of drug-likeness (QED) is 0.281. The number of carbonyl (C=O) groups is 2. The molecule has 0 saturated heterocycles. The predicted molar refractivity (Wildman–Crippen MR) is 135 cm³/mol. The van der Waals surface area contributed by atoms with Gasteiger partial charge in [0.2, 0.25) is 5.91 Å². The molecule has 0 aliphatic rings. The number of benzene rings is 3. The molecule has 0 saturated carbocycles. The van der Waals surface area contributed by atoms with Crippen molar-refractivity contribution in [2.24, 2.45) is 0 Å². The summed E-state index contributed by atoms with van der Waals surface area (Å²) in [5.74, 6) is -0.363. The lowest BCUT2D eigenvalue weighted by Gasteiger charge is -2.11. The number of rotatable bonds is 8. The Bertz CT molecular complexity index is 1220. The van der Waals surface area contributed by atoms with Gasteiger partial charge in [-0.3, -0.25) is 9.59 Å². The minimum Gasteiger partial charge on any atom is -0.397 e. The van der Waals surface area contributed by atoms with Crippen molar-refractivity contribution in [3.8, 4) is 11.1 Å². The summed E-state index contributed by atoms with van der Waals surface area (Å²) >= 11 is 1.61. The molecule has 1 aromatic heterocycles. The van der Waals surface area contributed by atoms with E-state index in [9.17, 15) is 9.59 Å². The second-order valence-electron chi connectivity index (χ2n) is 7.46. The second kappa shape index (κ2) is 10.5. The predicted octanol–water partition coefficient (Wildman–Crippen LogP) is 4.98. The zero-order chi connectivity index (χ0) is 23.0. The molecule has 0 radical (unpaired) electrons. The number of anilines is 3. The van der Waals surface area contributed by atoms with E-state index in [1.54, 1.807) is 41.7 Å². The molecule has 33 heavy (non-hydrogen) atoms. The summed E-state index contributed by atoms with van der Waals surface area (Å²) in [6.45, 7) is 0.626. The highest BCUT2D eigenvalue weighted by Gasteiger charge is 2.10. The molecule has 0 bridgehead atoms. The van der Waals surface area contributed by atoms with Gasteiger partial charge >= 0.3 is 0 Å². The van der Waals surface area contributed by atoms with E-state index in [4.69, 9.17) is 5.73 Å². The number of thiophene rings is 1. The van der Waals surface area contributed by atoms with Crippen molar-refractivity contribution < 1.29 is 9.59 Å². The van der Waals surface area contributed by atoms with Gasteiger partial charge in [0.15, 0.2) is 0 Å². The summed E-state index contributed by atoms with van der Waals surface area (Å²) in [6, 6.07) is 24.3. The van der Waals surface area contributed by atoms with Crippen LogP contribution >= 0.6 is 11.3 Å². The van der Waals surface area contributed by atoms with Crippen LogP contribution in [0.4, 0.5) is 17.1 Å². The molecule has 2 amide bonds. The van der Waals surface area contributed by atoms with Gasteiger partial charge in [-0.25, -0.2) is 0 Å². The van der Waals surface area contributed by atoms with Gasteiger partial charge in [-0.05, 0) is 69.9 Å². The third-order valence-corrected chi connectivity index (χ3v) is 5.77. The summed E-state index contributed by atoms with van der Waals surface area (Å²) in [6.07, 6.45) is 0. The Kier molecular flexibility index (Phi) is 7.02. The van der Waals surface area contributed by atoms with Crippen LogP contribution < -0.4 is 21.7 Å². The number of nitrogens with two attached hydrogens (primary N) is 1. The summed E-state index contributed by atoms with van der Waals surface area (Å²) in [4.78, 5) is 24.8. The average Bonchev–Trinajstić information content (AvgIpc) is 3.39. The zero-order valence-corrected chi connectivity index (χ0v) is 18.7. The highest BCUT2D eigenvalue weighted by atomic mass is 32.1. The fourth-order valence-electron chi connectivity index (χ4n) is 3.25. The first-order chi connectivity index (χ1) is 16.1. The van der Waals surface area contributed by atoms with Crippen LogP contribution in [0.25, 0.3) is 11.1 Å². The summed E-state index contributed by atoms with van der Waals surface area (Å²) in [5.41, 5.74) is 11.5. The Morgan fingerprint density at radius 3 is 2.39 bits per heavy atom. The molecule has 0 unspecified atom stereocenters. The summed E-state index contributed by atoms with van der Waals surface area (Å²) in [5, 5.41) is 12.9. The molecule has 4 aromatic rings. The first-order valence-electron chi connectivity index (χ1n) is 10.5. The molecule has 0 fully saturated rings. The molecule has 5 N–H and O–H groups in total. The van der Waals surface area contributed by atoms with Crippen LogP contribution in [-0.2, 0) is 11.3 Å². The monoisotopic (exact) mass is 456 g/mol. The maximum atomic E-state index is 12.7. The average molecular weight is 457 g/mol. The van der Waals surface area contributed by atoms with Gasteiger partial charge in [0.25, 0.3) is 5.91 Å². The van der Waals surface area contributed by atoms with E-state index in [-0.39, 0.29) is 18.4 Å². The minimum atomic E-state index is -0.253. The largest absolute Gasteiger partial charge is 0.397 e. The second-order valence-corrected chi connectivity index (χ2v) is 8.24. The van der Waals surface area contributed by atoms with Gasteiger partial charge in [-0.15, -0.1) is 0 Å². The summed E-state index contributed by atoms with van der Waals surface area (Å²) in [7, 11) is 0. The molecule has 6 nitrogen and oxygen atoms in total. The Morgan fingerprint density at radius 1 is 0.879 bits per heavy atom. The van der Waals surface area contributed by atoms with E-state index >= 15 is 0 Å². The number of nitrogen functional groups attached to an aromatic ring is 1. The standard InChI is InChI=1S/C26H24N4O2S/c27-23-11-8-20(21-12-13-33-17-21)14-24(23)30-26(32)19-6-9-22(10-7-19)28-16-25(31)29-15-18-4-2-1-3-5-18/h1-14,17,28H,15-16,27H2,(H,29,31)(H,30,32). The van der Waals surface area contributed by atoms with Gasteiger partial charge in [-0.2, -0.15) is 11.3 Å². The Hall–Kier alpha value is -4.10. The number of nitrogens with one attached hydrogen (secondary N) is 3. The molecular formula is C26H24N4O2S. The molecule has 0 spiro atoms. The first-order valence-corrected chi connectivity index (χ1v) is 11.4. The maximum absolute atomic E-state index is 12.7. The molecule has 4 rings (SSSR count). The normalized spacial score (nSPS) is 10.4. The summed E-state index contributed by atoms with van der Waals surface area (Å²) < 4.78 is 0. The number of hydrogen-bond acceptors (Lipinski definition) is 5. The highest BCUT2D eigenvalue weighted by Crippen LogP contribution is 2.29. The fraction of sp³-hybridized carbons (Fsp3) is 0.0769. The van der Waals surface area contributed by atoms with Crippen LogP contribution in [0.2, 0.25) is 0 Å². The van der Waals surface area contributed by atoms with Gasteiger partial charge in [0, 0.05) is 17.8 Å². The van der Waals surface area contributed by atoms with Crippen LogP contribution in [0.5, 0.6) is 0 Å². The van der Waals surface area contributed by atoms with Crippen LogP contribution in [0.1, 0.15) is 15.9 Å². The molecule has 0 atom stereocenters. The lowest BCUT2D eigenvalue weighted by atomic mass is 10.1. The van der Waals surface area contributed by atoms with Crippen molar-refractivity contribution in [2.45, 2.75) is 6.54 Å². The van der Waals surface area contributed by atoms with Gasteiger partial charge < -0.3 is 21.7 Å². The molecule has 166 valence electrons. The Balaban J connectivity index is 1.31. The SMILES string of the molecule is Nc1ccc(-c2ccsc2)cc1NC(=O)c1ccc(NCC(=O)NCc2ccccc2)cc1. The van der Waals surface area contributed by atoms with Crippen molar-refractivity contribution in [2.75, 3.05) is 22.9 Å². The molecular weight excluding hydrogens is 432 g/mol. The van der Waals surface area contributed by atoms with E-state index in [1.807, 2.05) is 59.3 Å². The zero-order valence-electron chi connectivity index (χ0n) is 17.9. The lowest BCUT2D eigenvalue weighted by Crippen LogP contribution is -2.29. The first kappa shape index (κ1) is 22.1. The highest BCUT2D eigenvalue weighted by molar-refractivity contribution is 7.08. The van der Waals surface area contributed by atoms with E-state index in [0.717, 1.165) is 22.4 Å². The lowest BCUT2D eigenvalue weighted by molar-refractivity contribution is -0.119.